The Kier molecular flexibility index (Phi) is 4.15. The summed E-state index contributed by atoms with van der Waals surface area (Å²) < 4.78 is 5.18. The fourth-order valence-electron chi connectivity index (χ4n) is 4.12. The van der Waals surface area contributed by atoms with Crippen LogP contribution in [0.3, 0.4) is 0 Å². The molecule has 1 saturated carbocycles. The van der Waals surface area contributed by atoms with Crippen molar-refractivity contribution in [3.8, 4) is 6.07 Å². The molecule has 0 aromatic carbocycles. The zero-order valence-corrected chi connectivity index (χ0v) is 14.5. The molecule has 2 amide bonds. The molecule has 1 spiro atoms. The first kappa shape index (κ1) is 16.6. The molecule has 0 bridgehead atoms. The smallest absolute Gasteiger partial charge is 0.289 e. The molecule has 1 aromatic rings. The van der Waals surface area contributed by atoms with Gasteiger partial charge >= 0.3 is 0 Å². The monoisotopic (exact) mass is 355 g/mol. The van der Waals surface area contributed by atoms with Gasteiger partial charge in [0, 0.05) is 26.2 Å². The molecule has 3 aliphatic rings. The Morgan fingerprint density at radius 3 is 2.65 bits per heavy atom. The van der Waals surface area contributed by atoms with Crippen LogP contribution in [0.25, 0.3) is 0 Å². The average molecular weight is 355 g/mol. The molecule has 8 heteroatoms. The highest BCUT2D eigenvalue weighted by Gasteiger charge is 2.49. The third kappa shape index (κ3) is 2.73. The average Bonchev–Trinajstić information content (AvgIpc) is 3.34. The lowest BCUT2D eigenvalue weighted by atomic mass is 9.82. The summed E-state index contributed by atoms with van der Waals surface area (Å²) in [6.07, 6.45) is 5.03. The van der Waals surface area contributed by atoms with E-state index in [9.17, 15) is 14.9 Å². The fraction of sp³-hybridized carbons (Fsp3) is 0.556. The molecule has 3 heterocycles. The van der Waals surface area contributed by atoms with Crippen molar-refractivity contribution in [2.75, 3.05) is 26.2 Å². The van der Waals surface area contributed by atoms with Crippen molar-refractivity contribution in [2.45, 2.75) is 31.2 Å². The van der Waals surface area contributed by atoms with E-state index in [1.165, 1.54) is 6.26 Å². The summed E-state index contributed by atoms with van der Waals surface area (Å²) in [6.45, 7) is 2.23. The number of guanidine groups is 1. The number of hydrogen-bond acceptors (Lipinski definition) is 6. The summed E-state index contributed by atoms with van der Waals surface area (Å²) in [5.74, 6) is -0.206. The number of aliphatic imine (C=N–C) groups is 1. The Balaban J connectivity index is 1.47. The van der Waals surface area contributed by atoms with Gasteiger partial charge in [0.05, 0.1) is 17.9 Å². The molecular weight excluding hydrogens is 334 g/mol. The Labute approximate surface area is 151 Å². The number of carbonyl (C=O) groups excluding carboxylic acids is 2. The van der Waals surface area contributed by atoms with Crippen LogP contribution < -0.4 is 5.32 Å². The van der Waals surface area contributed by atoms with Crippen molar-refractivity contribution < 1.29 is 14.0 Å². The number of hydrogen-bond donors (Lipinski definition) is 1. The van der Waals surface area contributed by atoms with E-state index in [1.54, 1.807) is 17.0 Å². The summed E-state index contributed by atoms with van der Waals surface area (Å²) in [4.78, 5) is 33.4. The molecule has 2 fully saturated rings. The van der Waals surface area contributed by atoms with Crippen LogP contribution in [0, 0.1) is 17.2 Å². The molecule has 1 aliphatic carbocycles. The summed E-state index contributed by atoms with van der Waals surface area (Å²) >= 11 is 0. The molecule has 1 N–H and O–H groups in total. The molecule has 1 aromatic heterocycles. The van der Waals surface area contributed by atoms with Gasteiger partial charge in [-0.15, -0.1) is 0 Å². The molecule has 2 aliphatic heterocycles. The van der Waals surface area contributed by atoms with Crippen molar-refractivity contribution in [3.63, 3.8) is 0 Å². The van der Waals surface area contributed by atoms with Gasteiger partial charge in [0.15, 0.2) is 11.7 Å². The maximum absolute atomic E-state index is 12.4. The van der Waals surface area contributed by atoms with Crippen molar-refractivity contribution in [1.82, 2.24) is 15.1 Å². The third-order valence-corrected chi connectivity index (χ3v) is 5.56. The zero-order chi connectivity index (χ0) is 18.1. The standard InChI is InChI=1S/C18H21N5O3/c19-12-13-15(24)20-17(21-18(13)5-1-2-6-18)23-9-7-22(8-10-23)16(25)14-4-3-11-26-14/h3-4,11,13H,1-2,5-10H2,(H,20,21,24). The predicted octanol–water partition coefficient (Wildman–Crippen LogP) is 0.976. The highest BCUT2D eigenvalue weighted by atomic mass is 16.3. The minimum atomic E-state index is -0.712. The van der Waals surface area contributed by atoms with Gasteiger partial charge in [-0.1, -0.05) is 12.8 Å². The van der Waals surface area contributed by atoms with Crippen molar-refractivity contribution in [3.05, 3.63) is 24.2 Å². The van der Waals surface area contributed by atoms with E-state index in [1.807, 2.05) is 4.90 Å². The largest absolute Gasteiger partial charge is 0.459 e. The second-order valence-corrected chi connectivity index (χ2v) is 7.05. The van der Waals surface area contributed by atoms with Gasteiger partial charge in [-0.3, -0.25) is 14.9 Å². The maximum atomic E-state index is 12.4. The van der Waals surface area contributed by atoms with Crippen LogP contribution >= 0.6 is 0 Å². The van der Waals surface area contributed by atoms with E-state index in [0.717, 1.165) is 25.7 Å². The van der Waals surface area contributed by atoms with E-state index in [-0.39, 0.29) is 11.8 Å². The molecular formula is C18H21N5O3. The summed E-state index contributed by atoms with van der Waals surface area (Å²) in [5.41, 5.74) is -0.576. The number of piperazine rings is 1. The van der Waals surface area contributed by atoms with Gasteiger partial charge in [0.2, 0.25) is 11.9 Å². The third-order valence-electron chi connectivity index (χ3n) is 5.56. The fourth-order valence-corrected chi connectivity index (χ4v) is 4.12. The van der Waals surface area contributed by atoms with Crippen molar-refractivity contribution >= 4 is 17.8 Å². The summed E-state index contributed by atoms with van der Waals surface area (Å²) in [7, 11) is 0. The molecule has 26 heavy (non-hydrogen) atoms. The Morgan fingerprint density at radius 1 is 1.31 bits per heavy atom. The molecule has 1 saturated heterocycles. The number of nitrogens with one attached hydrogen (secondary N) is 1. The topological polar surface area (TPSA) is 102 Å². The van der Waals surface area contributed by atoms with Crippen LogP contribution in [-0.4, -0.2) is 59.3 Å². The lowest BCUT2D eigenvalue weighted by Crippen LogP contribution is -2.60. The SMILES string of the molecule is N#CC1C(=O)NC(N2CCN(C(=O)c3ccco3)CC2)=NC12CCCC2. The number of nitriles is 1. The van der Waals surface area contributed by atoms with E-state index in [4.69, 9.17) is 9.41 Å². The number of furan rings is 1. The summed E-state index contributed by atoms with van der Waals surface area (Å²) in [6, 6.07) is 5.50. The molecule has 1 unspecified atom stereocenters. The summed E-state index contributed by atoms with van der Waals surface area (Å²) in [5, 5.41) is 12.2. The van der Waals surface area contributed by atoms with Crippen LogP contribution in [0.15, 0.2) is 27.8 Å². The van der Waals surface area contributed by atoms with Gasteiger partial charge in [-0.05, 0) is 25.0 Å². The highest BCUT2D eigenvalue weighted by molar-refractivity contribution is 6.02. The van der Waals surface area contributed by atoms with Crippen molar-refractivity contribution in [2.24, 2.45) is 10.9 Å². The minimum absolute atomic E-state index is 0.124. The van der Waals surface area contributed by atoms with Gasteiger partial charge in [-0.25, -0.2) is 4.99 Å². The van der Waals surface area contributed by atoms with Crippen LogP contribution in [0.5, 0.6) is 0 Å². The molecule has 136 valence electrons. The van der Waals surface area contributed by atoms with Crippen LogP contribution in [0.1, 0.15) is 36.2 Å². The highest BCUT2D eigenvalue weighted by Crippen LogP contribution is 2.41. The van der Waals surface area contributed by atoms with Crippen molar-refractivity contribution in [1.29, 1.82) is 5.26 Å². The first-order valence-electron chi connectivity index (χ1n) is 9.01. The van der Waals surface area contributed by atoms with Gasteiger partial charge in [0.25, 0.3) is 5.91 Å². The second kappa shape index (κ2) is 6.48. The minimum Gasteiger partial charge on any atom is -0.459 e. The number of nitrogens with zero attached hydrogens (tertiary/aromatic N) is 4. The first-order valence-corrected chi connectivity index (χ1v) is 9.01. The number of amides is 2. The van der Waals surface area contributed by atoms with Gasteiger partial charge < -0.3 is 14.2 Å². The van der Waals surface area contributed by atoms with Crippen LogP contribution in [-0.2, 0) is 4.79 Å². The lowest BCUT2D eigenvalue weighted by Gasteiger charge is -2.40. The zero-order valence-electron chi connectivity index (χ0n) is 14.5. The predicted molar refractivity (Wildman–Crippen MR) is 92.1 cm³/mol. The second-order valence-electron chi connectivity index (χ2n) is 7.05. The van der Waals surface area contributed by atoms with E-state index < -0.39 is 11.5 Å². The number of carbonyl (C=O) groups is 2. The van der Waals surface area contributed by atoms with E-state index in [2.05, 4.69) is 11.4 Å². The normalized spacial score (nSPS) is 25.0. The maximum Gasteiger partial charge on any atom is 0.289 e. The molecule has 0 radical (unpaired) electrons. The molecule has 8 nitrogen and oxygen atoms in total. The quantitative estimate of drug-likeness (QED) is 0.809. The van der Waals surface area contributed by atoms with E-state index >= 15 is 0 Å². The number of rotatable bonds is 1. The Hall–Kier alpha value is -2.82. The van der Waals surface area contributed by atoms with Crippen LogP contribution in [0.4, 0.5) is 0 Å². The van der Waals surface area contributed by atoms with Crippen LogP contribution in [0.2, 0.25) is 0 Å². The van der Waals surface area contributed by atoms with E-state index in [0.29, 0.717) is 37.9 Å². The molecule has 4 rings (SSSR count). The van der Waals surface area contributed by atoms with Gasteiger partial charge in [0.1, 0.15) is 0 Å². The molecule has 1 atom stereocenters. The van der Waals surface area contributed by atoms with Gasteiger partial charge in [-0.2, -0.15) is 5.26 Å². The Morgan fingerprint density at radius 2 is 2.04 bits per heavy atom. The first-order chi connectivity index (χ1) is 12.6. The lowest BCUT2D eigenvalue weighted by molar-refractivity contribution is -0.124. The Bertz CT molecular complexity index is 765.